The lowest BCUT2D eigenvalue weighted by atomic mass is 10.1. The molecule has 2 atom stereocenters. The molecule has 1 aromatic carbocycles. The minimum atomic E-state index is 0.0571. The van der Waals surface area contributed by atoms with Crippen LogP contribution in [0.5, 0.6) is 0 Å². The molecule has 1 fully saturated rings. The van der Waals surface area contributed by atoms with Gasteiger partial charge in [0.2, 0.25) is 0 Å². The van der Waals surface area contributed by atoms with E-state index in [1.165, 1.54) is 6.42 Å². The Balaban J connectivity index is 2.00. The number of ether oxygens (including phenoxy) is 1. The average molecular weight is 298 g/mol. The summed E-state index contributed by atoms with van der Waals surface area (Å²) >= 11 is 6.22. The summed E-state index contributed by atoms with van der Waals surface area (Å²) in [5, 5.41) is 15.7. The molecule has 0 radical (unpaired) electrons. The maximum absolute atomic E-state index is 8.65. The number of amidine groups is 1. The fourth-order valence-electron chi connectivity index (χ4n) is 2.59. The van der Waals surface area contributed by atoms with Gasteiger partial charge in [-0.25, -0.2) is 0 Å². The predicted octanol–water partition coefficient (Wildman–Crippen LogP) is 2.09. The van der Waals surface area contributed by atoms with Crippen LogP contribution in [0, 0.1) is 0 Å². The number of halogens is 1. The molecule has 5 nitrogen and oxygen atoms in total. The van der Waals surface area contributed by atoms with Crippen LogP contribution >= 0.6 is 11.6 Å². The van der Waals surface area contributed by atoms with Gasteiger partial charge in [-0.15, -0.1) is 0 Å². The second kappa shape index (κ2) is 6.92. The minimum Gasteiger partial charge on any atom is -0.409 e. The lowest BCUT2D eigenvalue weighted by Gasteiger charge is -2.20. The Morgan fingerprint density at radius 1 is 1.55 bits per heavy atom. The molecule has 1 aliphatic rings. The van der Waals surface area contributed by atoms with Crippen molar-refractivity contribution in [3.05, 3.63) is 34.3 Å². The minimum absolute atomic E-state index is 0.0571. The Labute approximate surface area is 123 Å². The first-order chi connectivity index (χ1) is 9.65. The Bertz CT molecular complexity index is 493. The summed E-state index contributed by atoms with van der Waals surface area (Å²) in [5.74, 6) is 0.0571. The normalized spacial score (nSPS) is 23.2. The number of nitrogens with one attached hydrogen (secondary N) is 1. The van der Waals surface area contributed by atoms with Gasteiger partial charge in [0.1, 0.15) is 0 Å². The van der Waals surface area contributed by atoms with Crippen LogP contribution in [0.2, 0.25) is 5.02 Å². The highest BCUT2D eigenvalue weighted by Crippen LogP contribution is 2.23. The Morgan fingerprint density at radius 2 is 2.35 bits per heavy atom. The molecule has 110 valence electrons. The monoisotopic (exact) mass is 297 g/mol. The van der Waals surface area contributed by atoms with Crippen LogP contribution in [0.25, 0.3) is 0 Å². The molecule has 0 aromatic heterocycles. The lowest BCUT2D eigenvalue weighted by Crippen LogP contribution is -2.36. The Hall–Kier alpha value is -1.30. The third kappa shape index (κ3) is 3.42. The summed E-state index contributed by atoms with van der Waals surface area (Å²) in [4.78, 5) is 0. The van der Waals surface area contributed by atoms with Crippen molar-refractivity contribution < 1.29 is 9.94 Å². The molecule has 6 heteroatoms. The second-order valence-corrected chi connectivity index (χ2v) is 5.39. The molecule has 0 amide bonds. The summed E-state index contributed by atoms with van der Waals surface area (Å²) in [6, 6.07) is 5.76. The van der Waals surface area contributed by atoms with E-state index in [2.05, 4.69) is 10.5 Å². The van der Waals surface area contributed by atoms with E-state index in [4.69, 9.17) is 27.3 Å². The molecule has 20 heavy (non-hydrogen) atoms. The molecule has 0 saturated heterocycles. The van der Waals surface area contributed by atoms with Crippen LogP contribution in [-0.2, 0) is 11.3 Å². The van der Waals surface area contributed by atoms with Gasteiger partial charge in [-0.1, -0.05) is 28.9 Å². The SMILES string of the molecule is COC1CCCC1NCc1ccc(/C(N)=N/O)cc1Cl. The van der Waals surface area contributed by atoms with Crippen LogP contribution in [0.3, 0.4) is 0 Å². The first-order valence-corrected chi connectivity index (χ1v) is 7.06. The molecule has 1 aliphatic carbocycles. The molecule has 1 aromatic rings. The number of benzene rings is 1. The average Bonchev–Trinajstić information content (AvgIpc) is 2.92. The maximum Gasteiger partial charge on any atom is 0.170 e. The van der Waals surface area contributed by atoms with E-state index >= 15 is 0 Å². The van der Waals surface area contributed by atoms with Gasteiger partial charge in [0.25, 0.3) is 0 Å². The zero-order chi connectivity index (χ0) is 14.5. The molecule has 0 heterocycles. The first kappa shape index (κ1) is 15.1. The van der Waals surface area contributed by atoms with Gasteiger partial charge in [-0.2, -0.15) is 0 Å². The third-order valence-corrected chi connectivity index (χ3v) is 4.12. The number of rotatable bonds is 5. The molecular formula is C14H20ClN3O2. The number of hydrogen-bond acceptors (Lipinski definition) is 4. The van der Waals surface area contributed by atoms with Gasteiger partial charge in [0.15, 0.2) is 5.84 Å². The van der Waals surface area contributed by atoms with E-state index in [-0.39, 0.29) is 11.9 Å². The van der Waals surface area contributed by atoms with Crippen molar-refractivity contribution in [2.45, 2.75) is 38.0 Å². The van der Waals surface area contributed by atoms with E-state index in [1.54, 1.807) is 19.2 Å². The Kier molecular flexibility index (Phi) is 5.23. The van der Waals surface area contributed by atoms with E-state index < -0.39 is 0 Å². The molecular weight excluding hydrogens is 278 g/mol. The van der Waals surface area contributed by atoms with E-state index in [0.717, 1.165) is 18.4 Å². The molecule has 1 saturated carbocycles. The highest BCUT2D eigenvalue weighted by Gasteiger charge is 2.26. The van der Waals surface area contributed by atoms with Crippen molar-refractivity contribution in [2.24, 2.45) is 10.9 Å². The van der Waals surface area contributed by atoms with Crippen LogP contribution in [-0.4, -0.2) is 30.3 Å². The molecule has 2 rings (SSSR count). The molecule has 0 aliphatic heterocycles. The van der Waals surface area contributed by atoms with Crippen LogP contribution < -0.4 is 11.1 Å². The number of oxime groups is 1. The molecule has 4 N–H and O–H groups in total. The smallest absolute Gasteiger partial charge is 0.170 e. The standard InChI is InChI=1S/C14H20ClN3O2/c1-20-13-4-2-3-12(13)17-8-10-6-5-9(7-11(10)15)14(16)18-19/h5-7,12-13,17,19H,2-4,8H2,1H3,(H2,16,18). The predicted molar refractivity (Wildman–Crippen MR) is 79.2 cm³/mol. The zero-order valence-electron chi connectivity index (χ0n) is 11.5. The molecule has 0 bridgehead atoms. The van der Waals surface area contributed by atoms with Gasteiger partial charge in [0, 0.05) is 30.3 Å². The van der Waals surface area contributed by atoms with Crippen molar-refractivity contribution in [3.8, 4) is 0 Å². The van der Waals surface area contributed by atoms with E-state index in [1.807, 2.05) is 6.07 Å². The van der Waals surface area contributed by atoms with Gasteiger partial charge in [0.05, 0.1) is 6.10 Å². The van der Waals surface area contributed by atoms with E-state index in [0.29, 0.717) is 23.2 Å². The molecule has 0 spiro atoms. The fourth-order valence-corrected chi connectivity index (χ4v) is 2.84. The van der Waals surface area contributed by atoms with Gasteiger partial charge in [-0.05, 0) is 30.9 Å². The number of nitrogens with zero attached hydrogens (tertiary/aromatic N) is 1. The van der Waals surface area contributed by atoms with E-state index in [9.17, 15) is 0 Å². The van der Waals surface area contributed by atoms with Crippen molar-refractivity contribution in [3.63, 3.8) is 0 Å². The highest BCUT2D eigenvalue weighted by molar-refractivity contribution is 6.31. The zero-order valence-corrected chi connectivity index (χ0v) is 12.2. The fraction of sp³-hybridized carbons (Fsp3) is 0.500. The van der Waals surface area contributed by atoms with Crippen molar-refractivity contribution in [1.29, 1.82) is 0 Å². The Morgan fingerprint density at radius 3 is 3.00 bits per heavy atom. The van der Waals surface area contributed by atoms with Crippen LogP contribution in [0.4, 0.5) is 0 Å². The highest BCUT2D eigenvalue weighted by atomic mass is 35.5. The first-order valence-electron chi connectivity index (χ1n) is 6.68. The summed E-state index contributed by atoms with van der Waals surface area (Å²) in [5.41, 5.74) is 7.13. The van der Waals surface area contributed by atoms with Gasteiger partial charge >= 0.3 is 0 Å². The van der Waals surface area contributed by atoms with Crippen molar-refractivity contribution in [1.82, 2.24) is 5.32 Å². The maximum atomic E-state index is 8.65. The third-order valence-electron chi connectivity index (χ3n) is 3.77. The summed E-state index contributed by atoms with van der Waals surface area (Å²) in [7, 11) is 1.75. The van der Waals surface area contributed by atoms with Gasteiger partial charge < -0.3 is 21.0 Å². The summed E-state index contributed by atoms with van der Waals surface area (Å²) in [6.07, 6.45) is 3.69. The quantitative estimate of drug-likeness (QED) is 0.336. The van der Waals surface area contributed by atoms with Crippen molar-refractivity contribution in [2.75, 3.05) is 7.11 Å². The lowest BCUT2D eigenvalue weighted by molar-refractivity contribution is 0.0847. The number of nitrogens with two attached hydrogens (primary N) is 1. The molecule has 2 unspecified atom stereocenters. The van der Waals surface area contributed by atoms with Crippen LogP contribution in [0.1, 0.15) is 30.4 Å². The summed E-state index contributed by atoms with van der Waals surface area (Å²) in [6.45, 7) is 0.680. The largest absolute Gasteiger partial charge is 0.409 e. The van der Waals surface area contributed by atoms with Gasteiger partial charge in [-0.3, -0.25) is 0 Å². The van der Waals surface area contributed by atoms with Crippen molar-refractivity contribution >= 4 is 17.4 Å². The summed E-state index contributed by atoms with van der Waals surface area (Å²) < 4.78 is 5.45. The number of hydrogen-bond donors (Lipinski definition) is 3. The second-order valence-electron chi connectivity index (χ2n) is 4.98. The number of methoxy groups -OCH3 is 1. The van der Waals surface area contributed by atoms with Crippen LogP contribution in [0.15, 0.2) is 23.4 Å². The topological polar surface area (TPSA) is 79.9 Å².